The standard InChI is InChI=1S/C72H48N2O2/c1-5-17-49(18-6-1)51-29-37-57(38-30-51)73(55-21-9-3-10-22-55)59-41-33-53(34-42-59)69-61(45-47-67-71(69)63-25-13-15-27-65(63)75-67)62-46-48-68-72(64-26-14-16-28-66(64)76-68)70(62)54-35-43-60(44-36-54)74(56-23-11-4-12-24-56)58-39-31-52(32-40-58)50-19-7-2-8-20-50/h1-48H. The maximum Gasteiger partial charge on any atom is 0.136 e. The van der Waals surface area contributed by atoms with E-state index in [2.05, 4.69) is 289 Å². The third-order valence-corrected chi connectivity index (χ3v) is 14.7. The fraction of sp³-hybridized carbons (Fsp3) is 0. The first-order chi connectivity index (χ1) is 37.7. The fourth-order valence-electron chi connectivity index (χ4n) is 11.2. The molecule has 0 spiro atoms. The molecular formula is C72H48N2O2. The van der Waals surface area contributed by atoms with Gasteiger partial charge in [0.15, 0.2) is 0 Å². The summed E-state index contributed by atoms with van der Waals surface area (Å²) in [7, 11) is 0. The van der Waals surface area contributed by atoms with Gasteiger partial charge >= 0.3 is 0 Å². The van der Waals surface area contributed by atoms with Crippen LogP contribution in [0.3, 0.4) is 0 Å². The van der Waals surface area contributed by atoms with Crippen LogP contribution in [0.15, 0.2) is 300 Å². The molecule has 0 fully saturated rings. The van der Waals surface area contributed by atoms with Gasteiger partial charge in [0, 0.05) is 66.8 Å². The molecule has 0 saturated heterocycles. The van der Waals surface area contributed by atoms with Crippen LogP contribution in [0.4, 0.5) is 34.1 Å². The molecule has 0 amide bonds. The second-order valence-corrected chi connectivity index (χ2v) is 19.2. The van der Waals surface area contributed by atoms with Gasteiger partial charge in [-0.3, -0.25) is 0 Å². The zero-order valence-electron chi connectivity index (χ0n) is 41.4. The summed E-state index contributed by atoms with van der Waals surface area (Å²) in [5.74, 6) is 0. The summed E-state index contributed by atoms with van der Waals surface area (Å²) in [5, 5.41) is 4.29. The van der Waals surface area contributed by atoms with E-state index >= 15 is 0 Å². The Labute approximate surface area is 441 Å². The first kappa shape index (κ1) is 44.5. The second kappa shape index (κ2) is 19.0. The molecular weight excluding hydrogens is 925 g/mol. The highest BCUT2D eigenvalue weighted by Gasteiger charge is 2.24. The van der Waals surface area contributed by atoms with Gasteiger partial charge in [0.05, 0.1) is 0 Å². The minimum atomic E-state index is 0.840. The topological polar surface area (TPSA) is 32.8 Å². The minimum absolute atomic E-state index is 0.840. The van der Waals surface area contributed by atoms with Gasteiger partial charge in [-0.25, -0.2) is 0 Å². The SMILES string of the molecule is c1ccc(-c2ccc(N(c3ccccc3)c3ccc(-c4c(-c5ccc6oc7ccccc7c6c5-c5ccc(N(c6ccccc6)c6ccc(-c7ccccc7)cc6)cc5)ccc5oc6ccccc6c45)cc3)cc2)cc1. The molecule has 4 heteroatoms. The molecule has 0 unspecified atom stereocenters. The number of para-hydroxylation sites is 4. The summed E-state index contributed by atoms with van der Waals surface area (Å²) in [6, 6.07) is 104. The van der Waals surface area contributed by atoms with Crippen molar-refractivity contribution in [2.45, 2.75) is 0 Å². The number of hydrogen-bond donors (Lipinski definition) is 0. The van der Waals surface area contributed by atoms with Crippen molar-refractivity contribution in [2.75, 3.05) is 9.80 Å². The molecule has 4 nitrogen and oxygen atoms in total. The molecule has 0 saturated carbocycles. The summed E-state index contributed by atoms with van der Waals surface area (Å²) in [5.41, 5.74) is 21.1. The van der Waals surface area contributed by atoms with Gasteiger partial charge in [-0.05, 0) is 154 Å². The molecule has 0 aliphatic carbocycles. The molecule has 12 aromatic carbocycles. The summed E-state index contributed by atoms with van der Waals surface area (Å²) in [4.78, 5) is 4.65. The second-order valence-electron chi connectivity index (χ2n) is 19.2. The average molecular weight is 973 g/mol. The summed E-state index contributed by atoms with van der Waals surface area (Å²) in [6.07, 6.45) is 0. The van der Waals surface area contributed by atoms with Crippen LogP contribution in [0.25, 0.3) is 99.5 Å². The predicted molar refractivity (Wildman–Crippen MR) is 318 cm³/mol. The maximum atomic E-state index is 6.66. The van der Waals surface area contributed by atoms with E-state index in [1.54, 1.807) is 0 Å². The minimum Gasteiger partial charge on any atom is -0.456 e. The third-order valence-electron chi connectivity index (χ3n) is 14.7. The highest BCUT2D eigenvalue weighted by atomic mass is 16.3. The van der Waals surface area contributed by atoms with Crippen molar-refractivity contribution in [1.82, 2.24) is 0 Å². The number of hydrogen-bond acceptors (Lipinski definition) is 4. The number of rotatable bonds is 11. The van der Waals surface area contributed by atoms with E-state index in [0.29, 0.717) is 0 Å². The van der Waals surface area contributed by atoms with Gasteiger partial charge in [0.2, 0.25) is 0 Å². The maximum absolute atomic E-state index is 6.66. The van der Waals surface area contributed by atoms with Crippen LogP contribution < -0.4 is 9.80 Å². The van der Waals surface area contributed by atoms with Crippen molar-refractivity contribution in [3.8, 4) is 55.6 Å². The molecule has 0 aliphatic heterocycles. The fourth-order valence-corrected chi connectivity index (χ4v) is 11.2. The highest BCUT2D eigenvalue weighted by Crippen LogP contribution is 2.50. The number of furan rings is 2. The zero-order valence-corrected chi connectivity index (χ0v) is 41.4. The highest BCUT2D eigenvalue weighted by molar-refractivity contribution is 6.20. The lowest BCUT2D eigenvalue weighted by atomic mass is 9.85. The molecule has 0 N–H and O–H groups in total. The Morgan fingerprint density at radius 1 is 0.197 bits per heavy atom. The van der Waals surface area contributed by atoms with Crippen LogP contribution in [0, 0.1) is 0 Å². The Hall–Kier alpha value is -10.2. The van der Waals surface area contributed by atoms with Crippen molar-refractivity contribution < 1.29 is 8.83 Å². The quantitative estimate of drug-likeness (QED) is 0.129. The van der Waals surface area contributed by atoms with Crippen molar-refractivity contribution >= 4 is 78.0 Å². The number of anilines is 6. The van der Waals surface area contributed by atoms with Crippen molar-refractivity contribution in [1.29, 1.82) is 0 Å². The van der Waals surface area contributed by atoms with E-state index in [4.69, 9.17) is 8.83 Å². The van der Waals surface area contributed by atoms with Gasteiger partial charge in [-0.15, -0.1) is 0 Å². The van der Waals surface area contributed by atoms with Gasteiger partial charge in [-0.1, -0.05) is 182 Å². The molecule has 0 aliphatic rings. The summed E-state index contributed by atoms with van der Waals surface area (Å²) >= 11 is 0. The number of fused-ring (bicyclic) bond motifs is 6. The summed E-state index contributed by atoms with van der Waals surface area (Å²) < 4.78 is 13.3. The number of nitrogens with zero attached hydrogens (tertiary/aromatic N) is 2. The van der Waals surface area contributed by atoms with Crippen molar-refractivity contribution in [3.63, 3.8) is 0 Å². The zero-order chi connectivity index (χ0) is 50.4. The average Bonchev–Trinajstić information content (AvgIpc) is 4.17. The molecule has 2 heterocycles. The van der Waals surface area contributed by atoms with Gasteiger partial charge in [-0.2, -0.15) is 0 Å². The smallest absolute Gasteiger partial charge is 0.136 e. The predicted octanol–water partition coefficient (Wildman–Crippen LogP) is 20.8. The van der Waals surface area contributed by atoms with Crippen molar-refractivity contribution in [2.24, 2.45) is 0 Å². The molecule has 14 rings (SSSR count). The van der Waals surface area contributed by atoms with Gasteiger partial charge in [0.1, 0.15) is 22.3 Å². The Morgan fingerprint density at radius 2 is 0.474 bits per heavy atom. The summed E-state index contributed by atoms with van der Waals surface area (Å²) in [6.45, 7) is 0. The Bertz CT molecular complexity index is 4050. The number of benzene rings is 12. The lowest BCUT2D eigenvalue weighted by Crippen LogP contribution is -2.09. The molecule has 358 valence electrons. The Kier molecular flexibility index (Phi) is 11.2. The van der Waals surface area contributed by atoms with Gasteiger partial charge < -0.3 is 18.6 Å². The first-order valence-corrected chi connectivity index (χ1v) is 25.8. The lowest BCUT2D eigenvalue weighted by Gasteiger charge is -2.26. The molecule has 0 atom stereocenters. The van der Waals surface area contributed by atoms with Crippen LogP contribution in [0.1, 0.15) is 0 Å². The van der Waals surface area contributed by atoms with E-state index in [1.807, 2.05) is 12.1 Å². The molecule has 2 aromatic heterocycles. The normalized spacial score (nSPS) is 11.4. The lowest BCUT2D eigenvalue weighted by molar-refractivity contribution is 0.668. The Morgan fingerprint density at radius 3 is 0.829 bits per heavy atom. The molecule has 14 aromatic rings. The van der Waals surface area contributed by atoms with Crippen LogP contribution in [-0.2, 0) is 0 Å². The van der Waals surface area contributed by atoms with Gasteiger partial charge in [0.25, 0.3) is 0 Å². The monoisotopic (exact) mass is 972 g/mol. The van der Waals surface area contributed by atoms with E-state index in [9.17, 15) is 0 Å². The van der Waals surface area contributed by atoms with E-state index in [1.165, 1.54) is 22.3 Å². The van der Waals surface area contributed by atoms with E-state index < -0.39 is 0 Å². The molecule has 76 heavy (non-hydrogen) atoms. The largest absolute Gasteiger partial charge is 0.456 e. The van der Waals surface area contributed by atoms with Crippen LogP contribution in [0.2, 0.25) is 0 Å². The van der Waals surface area contributed by atoms with E-state index in [0.717, 1.165) is 111 Å². The molecule has 0 radical (unpaired) electrons. The van der Waals surface area contributed by atoms with Crippen LogP contribution in [-0.4, -0.2) is 0 Å². The molecule has 0 bridgehead atoms. The Balaban J connectivity index is 0.932. The van der Waals surface area contributed by atoms with Crippen LogP contribution in [0.5, 0.6) is 0 Å². The van der Waals surface area contributed by atoms with Crippen molar-refractivity contribution in [3.05, 3.63) is 291 Å². The van der Waals surface area contributed by atoms with Crippen LogP contribution >= 0.6 is 0 Å². The first-order valence-electron chi connectivity index (χ1n) is 25.8. The third kappa shape index (κ3) is 7.97. The van der Waals surface area contributed by atoms with E-state index in [-0.39, 0.29) is 0 Å².